The first-order valence-corrected chi connectivity index (χ1v) is 6.00. The molecule has 0 fully saturated rings. The van der Waals surface area contributed by atoms with E-state index in [0.29, 0.717) is 11.4 Å². The Labute approximate surface area is 104 Å². The van der Waals surface area contributed by atoms with Crippen LogP contribution in [-0.2, 0) is 6.42 Å². The van der Waals surface area contributed by atoms with E-state index in [4.69, 9.17) is 16.3 Å². The standard InChI is InChI=1S/C13H12ClNO2/c1-17-7-5-9-8-3-2-4-11(16)13(8)15-12(9)10(14)6-7/h5-6,15H,2-4H2,1H3. The highest BCUT2D eigenvalue weighted by Crippen LogP contribution is 2.35. The SMILES string of the molecule is COc1cc(Cl)c2[nH]c3c(c2c1)CCCC3=O. The smallest absolute Gasteiger partial charge is 0.179 e. The zero-order valence-corrected chi connectivity index (χ0v) is 10.2. The lowest BCUT2D eigenvalue weighted by atomic mass is 9.95. The maximum atomic E-state index is 11.8. The summed E-state index contributed by atoms with van der Waals surface area (Å²) in [5.74, 6) is 0.903. The summed E-state index contributed by atoms with van der Waals surface area (Å²) in [5.41, 5.74) is 2.64. The Hall–Kier alpha value is -1.48. The molecule has 88 valence electrons. The number of ether oxygens (including phenoxy) is 1. The molecule has 0 atom stereocenters. The van der Waals surface area contributed by atoms with Crippen LogP contribution in [0, 0.1) is 0 Å². The van der Waals surface area contributed by atoms with Crippen LogP contribution < -0.4 is 4.74 Å². The van der Waals surface area contributed by atoms with Gasteiger partial charge in [0.15, 0.2) is 5.78 Å². The second kappa shape index (κ2) is 3.77. The van der Waals surface area contributed by atoms with E-state index in [1.807, 2.05) is 6.07 Å². The number of aromatic nitrogens is 1. The Kier molecular flexibility index (Phi) is 2.37. The van der Waals surface area contributed by atoms with E-state index >= 15 is 0 Å². The minimum atomic E-state index is 0.178. The number of fused-ring (bicyclic) bond motifs is 3. The number of nitrogens with one attached hydrogen (secondary N) is 1. The molecule has 1 aliphatic rings. The molecule has 1 N–H and O–H groups in total. The fourth-order valence-electron chi connectivity index (χ4n) is 2.45. The van der Waals surface area contributed by atoms with Gasteiger partial charge in [0.05, 0.1) is 23.3 Å². The number of hydrogen-bond donors (Lipinski definition) is 1. The number of benzene rings is 1. The van der Waals surface area contributed by atoms with Gasteiger partial charge < -0.3 is 9.72 Å². The van der Waals surface area contributed by atoms with E-state index in [2.05, 4.69) is 4.98 Å². The molecule has 0 amide bonds. The number of ketones is 1. The summed E-state index contributed by atoms with van der Waals surface area (Å²) in [4.78, 5) is 15.0. The van der Waals surface area contributed by atoms with Crippen LogP contribution in [0.25, 0.3) is 10.9 Å². The van der Waals surface area contributed by atoms with Gasteiger partial charge in [0.1, 0.15) is 5.75 Å². The average Bonchev–Trinajstić information content (AvgIpc) is 2.70. The highest BCUT2D eigenvalue weighted by Gasteiger charge is 2.23. The summed E-state index contributed by atoms with van der Waals surface area (Å²) in [6.07, 6.45) is 2.45. The first-order valence-electron chi connectivity index (χ1n) is 5.62. The van der Waals surface area contributed by atoms with Crippen LogP contribution in [0.3, 0.4) is 0 Å². The van der Waals surface area contributed by atoms with Gasteiger partial charge in [-0.2, -0.15) is 0 Å². The van der Waals surface area contributed by atoms with Crippen LogP contribution in [0.2, 0.25) is 5.02 Å². The number of aromatic amines is 1. The van der Waals surface area contributed by atoms with E-state index in [-0.39, 0.29) is 5.78 Å². The van der Waals surface area contributed by atoms with E-state index in [9.17, 15) is 4.79 Å². The monoisotopic (exact) mass is 249 g/mol. The van der Waals surface area contributed by atoms with Gasteiger partial charge in [0.25, 0.3) is 0 Å². The number of Topliss-reactive ketones (excluding diaryl/α,β-unsaturated/α-hetero) is 1. The molecule has 0 radical (unpaired) electrons. The Morgan fingerprint density at radius 1 is 1.35 bits per heavy atom. The summed E-state index contributed by atoms with van der Waals surface area (Å²) in [7, 11) is 1.61. The highest BCUT2D eigenvalue weighted by atomic mass is 35.5. The average molecular weight is 250 g/mol. The van der Waals surface area contributed by atoms with Gasteiger partial charge in [-0.3, -0.25) is 4.79 Å². The molecule has 1 aliphatic carbocycles. The number of carbonyl (C=O) groups is 1. The number of hydrogen-bond acceptors (Lipinski definition) is 2. The topological polar surface area (TPSA) is 42.1 Å². The van der Waals surface area contributed by atoms with Gasteiger partial charge in [-0.1, -0.05) is 11.6 Å². The van der Waals surface area contributed by atoms with Gasteiger partial charge in [0.2, 0.25) is 0 Å². The summed E-state index contributed by atoms with van der Waals surface area (Å²) in [6, 6.07) is 3.70. The van der Waals surface area contributed by atoms with E-state index in [1.54, 1.807) is 13.2 Å². The summed E-state index contributed by atoms with van der Waals surface area (Å²) in [6.45, 7) is 0. The minimum Gasteiger partial charge on any atom is -0.497 e. The first-order chi connectivity index (χ1) is 8.20. The molecule has 0 bridgehead atoms. The fourth-order valence-corrected chi connectivity index (χ4v) is 2.70. The maximum absolute atomic E-state index is 11.8. The van der Waals surface area contributed by atoms with Crippen molar-refractivity contribution in [2.75, 3.05) is 7.11 Å². The van der Waals surface area contributed by atoms with Crippen molar-refractivity contribution in [2.45, 2.75) is 19.3 Å². The predicted molar refractivity (Wildman–Crippen MR) is 67.1 cm³/mol. The molecule has 3 rings (SSSR count). The van der Waals surface area contributed by atoms with Crippen LogP contribution in [-0.4, -0.2) is 17.9 Å². The Bertz CT molecular complexity index is 615. The van der Waals surface area contributed by atoms with Crippen molar-refractivity contribution in [3.8, 4) is 5.75 Å². The second-order valence-corrected chi connectivity index (χ2v) is 4.69. The van der Waals surface area contributed by atoms with E-state index < -0.39 is 0 Å². The Morgan fingerprint density at radius 3 is 2.94 bits per heavy atom. The number of methoxy groups -OCH3 is 1. The molecule has 17 heavy (non-hydrogen) atoms. The summed E-state index contributed by atoms with van der Waals surface area (Å²) < 4.78 is 5.21. The van der Waals surface area contributed by atoms with Crippen LogP contribution in [0.4, 0.5) is 0 Å². The molecule has 3 nitrogen and oxygen atoms in total. The van der Waals surface area contributed by atoms with Crippen molar-refractivity contribution in [1.82, 2.24) is 4.98 Å². The first kappa shape index (κ1) is 10.7. The highest BCUT2D eigenvalue weighted by molar-refractivity contribution is 6.35. The van der Waals surface area contributed by atoms with Crippen molar-refractivity contribution < 1.29 is 9.53 Å². The van der Waals surface area contributed by atoms with Crippen LogP contribution in [0.15, 0.2) is 12.1 Å². The molecule has 0 unspecified atom stereocenters. The molecule has 0 saturated heterocycles. The molecule has 1 heterocycles. The zero-order chi connectivity index (χ0) is 12.0. The van der Waals surface area contributed by atoms with Crippen molar-refractivity contribution in [2.24, 2.45) is 0 Å². The molecule has 4 heteroatoms. The zero-order valence-electron chi connectivity index (χ0n) is 9.47. The minimum absolute atomic E-state index is 0.178. The second-order valence-electron chi connectivity index (χ2n) is 4.29. The van der Waals surface area contributed by atoms with E-state index in [1.165, 1.54) is 0 Å². The lowest BCUT2D eigenvalue weighted by Gasteiger charge is -2.09. The van der Waals surface area contributed by atoms with Gasteiger partial charge in [-0.05, 0) is 24.5 Å². The lowest BCUT2D eigenvalue weighted by Crippen LogP contribution is -2.09. The quantitative estimate of drug-likeness (QED) is 0.842. The van der Waals surface area contributed by atoms with Crippen LogP contribution in [0.5, 0.6) is 5.75 Å². The van der Waals surface area contributed by atoms with Crippen molar-refractivity contribution in [3.05, 3.63) is 28.4 Å². The number of aryl methyl sites for hydroxylation is 1. The lowest BCUT2D eigenvalue weighted by molar-refractivity contribution is 0.0968. The number of halogens is 1. The number of H-pyrrole nitrogens is 1. The number of rotatable bonds is 1. The Morgan fingerprint density at radius 2 is 2.18 bits per heavy atom. The van der Waals surface area contributed by atoms with Crippen molar-refractivity contribution >= 4 is 28.3 Å². The Balaban J connectivity index is 2.34. The molecule has 2 aromatic rings. The van der Waals surface area contributed by atoms with Crippen molar-refractivity contribution in [3.63, 3.8) is 0 Å². The van der Waals surface area contributed by atoms with Gasteiger partial charge in [-0.15, -0.1) is 0 Å². The van der Waals surface area contributed by atoms with Gasteiger partial charge in [0, 0.05) is 17.9 Å². The normalized spacial score (nSPS) is 15.1. The molecule has 0 saturated carbocycles. The van der Waals surface area contributed by atoms with Crippen molar-refractivity contribution in [1.29, 1.82) is 0 Å². The molecule has 1 aromatic heterocycles. The summed E-state index contributed by atoms with van der Waals surface area (Å²) >= 11 is 6.19. The number of carbonyl (C=O) groups excluding carboxylic acids is 1. The maximum Gasteiger partial charge on any atom is 0.179 e. The summed E-state index contributed by atoms with van der Waals surface area (Å²) in [5, 5.41) is 1.61. The predicted octanol–water partition coefficient (Wildman–Crippen LogP) is 3.35. The molecular weight excluding hydrogens is 238 g/mol. The molecule has 0 aliphatic heterocycles. The van der Waals surface area contributed by atoms with Crippen LogP contribution >= 0.6 is 11.6 Å². The third kappa shape index (κ3) is 1.53. The van der Waals surface area contributed by atoms with Gasteiger partial charge in [-0.25, -0.2) is 0 Å². The van der Waals surface area contributed by atoms with Crippen LogP contribution in [0.1, 0.15) is 28.9 Å². The fraction of sp³-hybridized carbons (Fsp3) is 0.308. The van der Waals surface area contributed by atoms with Gasteiger partial charge >= 0.3 is 0 Å². The third-order valence-electron chi connectivity index (χ3n) is 3.29. The third-order valence-corrected chi connectivity index (χ3v) is 3.58. The molecular formula is C13H12ClNO2. The molecule has 1 aromatic carbocycles. The van der Waals surface area contributed by atoms with E-state index in [0.717, 1.165) is 40.8 Å². The largest absolute Gasteiger partial charge is 0.497 e. The molecule has 0 spiro atoms.